The van der Waals surface area contributed by atoms with Gasteiger partial charge in [0.2, 0.25) is 0 Å². The maximum absolute atomic E-state index is 3.83. The van der Waals surface area contributed by atoms with Crippen LogP contribution in [0.4, 0.5) is 0 Å². The number of aromatic nitrogens is 2. The zero-order valence-corrected chi connectivity index (χ0v) is 8.69. The lowest BCUT2D eigenvalue weighted by Crippen LogP contribution is -2.14. The lowest BCUT2D eigenvalue weighted by Gasteiger charge is -2.10. The van der Waals surface area contributed by atoms with Crippen LogP contribution in [-0.2, 0) is 0 Å². The summed E-state index contributed by atoms with van der Waals surface area (Å²) >= 11 is 1.44. The van der Waals surface area contributed by atoms with Crippen molar-refractivity contribution in [3.8, 4) is 11.8 Å². The summed E-state index contributed by atoms with van der Waals surface area (Å²) in [5, 5.41) is 7.04. The number of hydrogen-bond acceptors (Lipinski definition) is 4. The molecule has 1 heterocycles. The van der Waals surface area contributed by atoms with Gasteiger partial charge < -0.3 is 5.32 Å². The molecule has 0 amide bonds. The fourth-order valence-electron chi connectivity index (χ4n) is 1.10. The monoisotopic (exact) mass is 195 g/mol. The van der Waals surface area contributed by atoms with Crippen molar-refractivity contribution < 1.29 is 0 Å². The lowest BCUT2D eigenvalue weighted by molar-refractivity contribution is 0.566. The van der Waals surface area contributed by atoms with E-state index in [1.54, 1.807) is 0 Å². The Labute approximate surface area is 82.7 Å². The van der Waals surface area contributed by atoms with Gasteiger partial charge in [-0.05, 0) is 31.9 Å². The third-order valence-corrected chi connectivity index (χ3v) is 2.58. The summed E-state index contributed by atoms with van der Waals surface area (Å²) in [6, 6.07) is 0.348. The van der Waals surface area contributed by atoms with Crippen molar-refractivity contribution in [1.29, 1.82) is 0 Å². The van der Waals surface area contributed by atoms with Crippen LogP contribution in [0.3, 0.4) is 0 Å². The van der Waals surface area contributed by atoms with Crippen LogP contribution >= 0.6 is 11.5 Å². The molecule has 1 aromatic rings. The number of nitrogens with zero attached hydrogens (tertiary/aromatic N) is 2. The average molecular weight is 195 g/mol. The van der Waals surface area contributed by atoms with Gasteiger partial charge >= 0.3 is 0 Å². The fourth-order valence-corrected chi connectivity index (χ4v) is 1.74. The molecule has 4 heteroatoms. The van der Waals surface area contributed by atoms with E-state index in [2.05, 4.69) is 26.7 Å². The minimum Gasteiger partial charge on any atom is -0.312 e. The zero-order valence-electron chi connectivity index (χ0n) is 7.87. The van der Waals surface area contributed by atoms with Crippen LogP contribution in [0.5, 0.6) is 0 Å². The smallest absolute Gasteiger partial charge is 0.0669 e. The molecule has 0 radical (unpaired) electrons. The third kappa shape index (κ3) is 3.13. The molecule has 70 valence electrons. The van der Waals surface area contributed by atoms with E-state index in [9.17, 15) is 0 Å². The fraction of sp³-hybridized carbons (Fsp3) is 0.556. The highest BCUT2D eigenvalue weighted by Gasteiger charge is 2.09. The van der Waals surface area contributed by atoms with Crippen LogP contribution < -0.4 is 5.32 Å². The van der Waals surface area contributed by atoms with E-state index in [-0.39, 0.29) is 0 Å². The molecule has 0 saturated heterocycles. The third-order valence-electron chi connectivity index (χ3n) is 1.81. The molecule has 0 saturated carbocycles. The van der Waals surface area contributed by atoms with E-state index in [4.69, 9.17) is 0 Å². The van der Waals surface area contributed by atoms with E-state index in [1.807, 2.05) is 20.2 Å². The second-order valence-corrected chi connectivity index (χ2v) is 3.44. The Hall–Kier alpha value is -0.920. The van der Waals surface area contributed by atoms with Gasteiger partial charge in [-0.15, -0.1) is 16.9 Å². The van der Waals surface area contributed by atoms with Crippen molar-refractivity contribution in [3.63, 3.8) is 0 Å². The van der Waals surface area contributed by atoms with E-state index in [0.717, 1.165) is 12.8 Å². The molecule has 13 heavy (non-hydrogen) atoms. The van der Waals surface area contributed by atoms with Crippen LogP contribution in [0.2, 0.25) is 0 Å². The molecule has 0 fully saturated rings. The first-order chi connectivity index (χ1) is 6.38. The van der Waals surface area contributed by atoms with Crippen molar-refractivity contribution in [2.24, 2.45) is 0 Å². The van der Waals surface area contributed by atoms with Gasteiger partial charge in [-0.2, -0.15) is 0 Å². The largest absolute Gasteiger partial charge is 0.312 e. The van der Waals surface area contributed by atoms with Crippen LogP contribution in [0.25, 0.3) is 0 Å². The molecule has 1 N–H and O–H groups in total. The van der Waals surface area contributed by atoms with Crippen molar-refractivity contribution in [1.82, 2.24) is 14.9 Å². The van der Waals surface area contributed by atoms with E-state index < -0.39 is 0 Å². The van der Waals surface area contributed by atoms with Crippen molar-refractivity contribution in [2.75, 3.05) is 7.05 Å². The Morgan fingerprint density at radius 2 is 2.54 bits per heavy atom. The zero-order chi connectivity index (χ0) is 9.52. The Morgan fingerprint density at radius 3 is 3.08 bits per heavy atom. The average Bonchev–Trinajstić information content (AvgIpc) is 2.65. The number of rotatable bonds is 4. The van der Waals surface area contributed by atoms with Crippen LogP contribution in [0, 0.1) is 11.8 Å². The van der Waals surface area contributed by atoms with Gasteiger partial charge in [-0.1, -0.05) is 4.49 Å². The van der Waals surface area contributed by atoms with Crippen molar-refractivity contribution in [3.05, 3.63) is 11.1 Å². The second kappa shape index (κ2) is 5.68. The lowest BCUT2D eigenvalue weighted by atomic mass is 10.1. The first kappa shape index (κ1) is 10.2. The second-order valence-electron chi connectivity index (χ2n) is 2.63. The van der Waals surface area contributed by atoms with Crippen LogP contribution in [0.1, 0.15) is 30.7 Å². The summed E-state index contributed by atoms with van der Waals surface area (Å²) in [4.78, 5) is 1.18. The van der Waals surface area contributed by atoms with Gasteiger partial charge in [0.15, 0.2) is 0 Å². The van der Waals surface area contributed by atoms with Crippen LogP contribution in [0.15, 0.2) is 6.20 Å². The highest BCUT2D eigenvalue weighted by molar-refractivity contribution is 7.05. The van der Waals surface area contributed by atoms with Gasteiger partial charge in [-0.25, -0.2) is 0 Å². The predicted octanol–water partition coefficient (Wildman–Crippen LogP) is 1.60. The van der Waals surface area contributed by atoms with Crippen LogP contribution in [-0.4, -0.2) is 16.6 Å². The van der Waals surface area contributed by atoms with Gasteiger partial charge in [0, 0.05) is 12.5 Å². The number of hydrogen-bond donors (Lipinski definition) is 1. The molecule has 3 nitrogen and oxygen atoms in total. The standard InChI is InChI=1S/C9H13N3S/c1-3-4-5-6-8(10-2)9-7-11-12-13-9/h7-8,10H,5-6H2,1-2H3. The summed E-state index contributed by atoms with van der Waals surface area (Å²) < 4.78 is 3.83. The Balaban J connectivity index is 2.47. The van der Waals surface area contributed by atoms with Gasteiger partial charge in [-0.3, -0.25) is 0 Å². The quantitative estimate of drug-likeness (QED) is 0.742. The van der Waals surface area contributed by atoms with E-state index in [0.29, 0.717) is 6.04 Å². The molecule has 0 aliphatic heterocycles. The van der Waals surface area contributed by atoms with Gasteiger partial charge in [0.25, 0.3) is 0 Å². The van der Waals surface area contributed by atoms with Crippen molar-refractivity contribution in [2.45, 2.75) is 25.8 Å². The highest BCUT2D eigenvalue weighted by atomic mass is 32.1. The number of nitrogens with one attached hydrogen (secondary N) is 1. The molecule has 0 spiro atoms. The Morgan fingerprint density at radius 1 is 1.69 bits per heavy atom. The topological polar surface area (TPSA) is 37.8 Å². The molecule has 1 atom stereocenters. The van der Waals surface area contributed by atoms with E-state index in [1.165, 1.54) is 16.4 Å². The molecule has 1 aromatic heterocycles. The Kier molecular flexibility index (Phi) is 4.44. The molecule has 1 unspecified atom stereocenters. The summed E-state index contributed by atoms with van der Waals surface area (Å²) in [6.45, 7) is 1.86. The highest BCUT2D eigenvalue weighted by Crippen LogP contribution is 2.19. The van der Waals surface area contributed by atoms with Crippen molar-refractivity contribution >= 4 is 11.5 Å². The SMILES string of the molecule is CC#CCCC(NC)c1cnns1. The first-order valence-corrected chi connectivity index (χ1v) is 5.00. The molecular weight excluding hydrogens is 182 g/mol. The maximum Gasteiger partial charge on any atom is 0.0669 e. The van der Waals surface area contributed by atoms with E-state index >= 15 is 0 Å². The summed E-state index contributed by atoms with van der Waals surface area (Å²) in [7, 11) is 1.95. The van der Waals surface area contributed by atoms with Gasteiger partial charge in [0.05, 0.1) is 11.1 Å². The summed E-state index contributed by atoms with van der Waals surface area (Å²) in [5.41, 5.74) is 0. The minimum atomic E-state index is 0.348. The molecule has 0 aliphatic rings. The minimum absolute atomic E-state index is 0.348. The molecular formula is C9H13N3S. The molecule has 1 rings (SSSR count). The molecule has 0 bridgehead atoms. The Bertz CT molecular complexity index is 284. The first-order valence-electron chi connectivity index (χ1n) is 4.22. The summed E-state index contributed by atoms with van der Waals surface area (Å²) in [6.07, 6.45) is 3.74. The van der Waals surface area contributed by atoms with Gasteiger partial charge in [0.1, 0.15) is 0 Å². The normalized spacial score (nSPS) is 11.8. The summed E-state index contributed by atoms with van der Waals surface area (Å²) in [5.74, 6) is 5.94. The molecule has 0 aliphatic carbocycles. The maximum atomic E-state index is 3.83. The molecule has 0 aromatic carbocycles. The predicted molar refractivity (Wildman–Crippen MR) is 54.4 cm³/mol.